The van der Waals surface area contributed by atoms with Crippen LogP contribution in [0.15, 0.2) is 47.4 Å². The fraction of sp³-hybridized carbons (Fsp3) is 0.333. The van der Waals surface area contributed by atoms with Crippen LogP contribution in [-0.2, 0) is 6.42 Å². The first-order valence-electron chi connectivity index (χ1n) is 9.38. The highest BCUT2D eigenvalue weighted by molar-refractivity contribution is 7.98. The highest BCUT2D eigenvalue weighted by atomic mass is 32.2. The molecule has 148 valence electrons. The van der Waals surface area contributed by atoms with Crippen LogP contribution in [0.1, 0.15) is 29.3 Å². The lowest BCUT2D eigenvalue weighted by Gasteiger charge is -2.34. The molecule has 1 atom stereocenters. The average molecular weight is 399 g/mol. The second kappa shape index (κ2) is 9.12. The number of anilines is 2. The Labute approximate surface area is 169 Å². The molecule has 0 radical (unpaired) electrons. The minimum absolute atomic E-state index is 0.00101. The molecule has 4 N–H and O–H groups in total. The van der Waals surface area contributed by atoms with Crippen molar-refractivity contribution >= 4 is 35.1 Å². The topological polar surface area (TPSA) is 87.5 Å². The van der Waals surface area contributed by atoms with Crippen LogP contribution in [0.5, 0.6) is 0 Å². The third-order valence-corrected chi connectivity index (χ3v) is 5.60. The first-order valence-corrected chi connectivity index (χ1v) is 10.6. The molecule has 7 heteroatoms. The molecule has 28 heavy (non-hydrogen) atoms. The van der Waals surface area contributed by atoms with Crippen molar-refractivity contribution in [2.75, 3.05) is 30.0 Å². The van der Waals surface area contributed by atoms with Gasteiger partial charge in [-0.15, -0.1) is 11.8 Å². The van der Waals surface area contributed by atoms with Gasteiger partial charge >= 0.3 is 6.03 Å². The van der Waals surface area contributed by atoms with Crippen LogP contribution in [0.25, 0.3) is 0 Å². The average Bonchev–Trinajstić information content (AvgIpc) is 2.69. The number of nitrogens with two attached hydrogens (primary N) is 1. The van der Waals surface area contributed by atoms with Gasteiger partial charge in [-0.05, 0) is 74.5 Å². The van der Waals surface area contributed by atoms with Gasteiger partial charge in [0.2, 0.25) is 0 Å². The lowest BCUT2D eigenvalue weighted by atomic mass is 9.93. The van der Waals surface area contributed by atoms with Gasteiger partial charge in [0.1, 0.15) is 0 Å². The lowest BCUT2D eigenvalue weighted by molar-refractivity contribution is 0.0665. The number of hydrogen-bond acceptors (Lipinski definition) is 4. The predicted molar refractivity (Wildman–Crippen MR) is 115 cm³/mol. The smallest absolute Gasteiger partial charge is 0.323 e. The Morgan fingerprint density at radius 2 is 1.86 bits per heavy atom. The third kappa shape index (κ3) is 4.66. The normalized spacial score (nSPS) is 15.9. The highest BCUT2D eigenvalue weighted by Crippen LogP contribution is 2.26. The highest BCUT2D eigenvalue weighted by Gasteiger charge is 2.29. The summed E-state index contributed by atoms with van der Waals surface area (Å²) in [6.45, 7) is 3.27. The molecule has 0 aromatic heterocycles. The first kappa shape index (κ1) is 20.2. The van der Waals surface area contributed by atoms with Crippen LogP contribution in [0.3, 0.4) is 0 Å². The fourth-order valence-electron chi connectivity index (χ4n) is 3.37. The monoisotopic (exact) mass is 398 g/mol. The maximum atomic E-state index is 12.9. The Bertz CT molecular complexity index is 854. The molecular weight excluding hydrogens is 372 g/mol. The summed E-state index contributed by atoms with van der Waals surface area (Å²) in [7, 11) is 0. The van der Waals surface area contributed by atoms with Gasteiger partial charge < -0.3 is 21.3 Å². The number of carbonyl (C=O) groups excluding carboxylic acids is 2. The Morgan fingerprint density at radius 1 is 1.18 bits per heavy atom. The van der Waals surface area contributed by atoms with E-state index in [0.717, 1.165) is 23.3 Å². The van der Waals surface area contributed by atoms with Crippen molar-refractivity contribution in [1.82, 2.24) is 4.90 Å². The van der Waals surface area contributed by atoms with Crippen molar-refractivity contribution in [2.45, 2.75) is 30.7 Å². The second-order valence-corrected chi connectivity index (χ2v) is 7.75. The third-order valence-electron chi connectivity index (χ3n) is 4.86. The molecule has 2 aromatic rings. The molecule has 2 aromatic carbocycles. The number of hydrogen-bond donors (Lipinski definition) is 3. The molecule has 0 saturated heterocycles. The van der Waals surface area contributed by atoms with Crippen molar-refractivity contribution in [3.05, 3.63) is 53.6 Å². The zero-order valence-electron chi connectivity index (χ0n) is 16.2. The number of benzene rings is 2. The number of thioether (sulfide) groups is 1. The molecule has 1 heterocycles. The van der Waals surface area contributed by atoms with Gasteiger partial charge in [-0.3, -0.25) is 4.79 Å². The van der Waals surface area contributed by atoms with Crippen molar-refractivity contribution in [3.63, 3.8) is 0 Å². The van der Waals surface area contributed by atoms with Crippen molar-refractivity contribution in [2.24, 2.45) is 5.73 Å². The second-order valence-electron chi connectivity index (χ2n) is 6.87. The van der Waals surface area contributed by atoms with Crippen LogP contribution in [0, 0.1) is 0 Å². The van der Waals surface area contributed by atoms with E-state index in [-0.39, 0.29) is 18.0 Å². The molecule has 0 bridgehead atoms. The van der Waals surface area contributed by atoms with E-state index in [1.54, 1.807) is 17.8 Å². The Balaban J connectivity index is 1.69. The SMILES string of the molecule is CSc1ccc(NC(=O)Nc2ccc3c(c2)C(=O)N(CCCN)C(C)C3)cc1. The summed E-state index contributed by atoms with van der Waals surface area (Å²) in [5, 5.41) is 5.62. The van der Waals surface area contributed by atoms with E-state index in [1.807, 2.05) is 47.6 Å². The van der Waals surface area contributed by atoms with Gasteiger partial charge in [-0.2, -0.15) is 0 Å². The van der Waals surface area contributed by atoms with E-state index < -0.39 is 0 Å². The lowest BCUT2D eigenvalue weighted by Crippen LogP contribution is -2.45. The van der Waals surface area contributed by atoms with Gasteiger partial charge in [0.25, 0.3) is 5.91 Å². The van der Waals surface area contributed by atoms with Gasteiger partial charge in [0.15, 0.2) is 0 Å². The fourth-order valence-corrected chi connectivity index (χ4v) is 3.77. The molecule has 0 fully saturated rings. The van der Waals surface area contributed by atoms with Crippen LogP contribution in [0.2, 0.25) is 0 Å². The van der Waals surface area contributed by atoms with E-state index in [2.05, 4.69) is 17.6 Å². The molecule has 0 aliphatic carbocycles. The molecule has 3 amide bonds. The maximum Gasteiger partial charge on any atom is 0.323 e. The number of rotatable bonds is 6. The molecular formula is C21H26N4O2S. The molecule has 0 saturated carbocycles. The first-order chi connectivity index (χ1) is 13.5. The molecule has 6 nitrogen and oxygen atoms in total. The minimum Gasteiger partial charge on any atom is -0.336 e. The summed E-state index contributed by atoms with van der Waals surface area (Å²) in [6.07, 6.45) is 3.59. The summed E-state index contributed by atoms with van der Waals surface area (Å²) in [5.41, 5.74) is 8.57. The standard InChI is InChI=1S/C21H26N4O2S/c1-14-12-15-4-5-17(13-19(15)20(26)25(14)11-3-10-22)24-21(27)23-16-6-8-18(28-2)9-7-16/h4-9,13-14H,3,10-12,22H2,1-2H3,(H2,23,24,27). The Kier molecular flexibility index (Phi) is 6.59. The number of fused-ring (bicyclic) bond motifs is 1. The predicted octanol–water partition coefficient (Wildman–Crippen LogP) is 3.79. The molecule has 0 spiro atoms. The quantitative estimate of drug-likeness (QED) is 0.646. The summed E-state index contributed by atoms with van der Waals surface area (Å²) >= 11 is 1.65. The van der Waals surface area contributed by atoms with Crippen LogP contribution < -0.4 is 16.4 Å². The summed E-state index contributed by atoms with van der Waals surface area (Å²) in [5.74, 6) is -0.00101. The summed E-state index contributed by atoms with van der Waals surface area (Å²) in [6, 6.07) is 13.0. The Hall–Kier alpha value is -2.51. The zero-order valence-corrected chi connectivity index (χ0v) is 17.0. The number of carbonyl (C=O) groups is 2. The minimum atomic E-state index is -0.339. The van der Waals surface area contributed by atoms with Crippen LogP contribution in [0.4, 0.5) is 16.2 Å². The Morgan fingerprint density at radius 3 is 2.54 bits per heavy atom. The van der Waals surface area contributed by atoms with E-state index >= 15 is 0 Å². The van der Waals surface area contributed by atoms with Crippen LogP contribution in [-0.4, -0.2) is 42.2 Å². The number of amides is 3. The number of nitrogens with zero attached hydrogens (tertiary/aromatic N) is 1. The van der Waals surface area contributed by atoms with Gasteiger partial charge in [-0.1, -0.05) is 6.07 Å². The van der Waals surface area contributed by atoms with E-state index in [4.69, 9.17) is 5.73 Å². The number of urea groups is 1. The van der Waals surface area contributed by atoms with E-state index in [1.165, 1.54) is 0 Å². The van der Waals surface area contributed by atoms with Crippen LogP contribution >= 0.6 is 11.8 Å². The van der Waals surface area contributed by atoms with Crippen molar-refractivity contribution in [1.29, 1.82) is 0 Å². The molecule has 3 rings (SSSR count). The summed E-state index contributed by atoms with van der Waals surface area (Å²) in [4.78, 5) is 28.2. The largest absolute Gasteiger partial charge is 0.336 e. The molecule has 1 aliphatic rings. The zero-order chi connectivity index (χ0) is 20.1. The van der Waals surface area contributed by atoms with Crippen molar-refractivity contribution in [3.8, 4) is 0 Å². The van der Waals surface area contributed by atoms with Gasteiger partial charge in [0.05, 0.1) is 0 Å². The van der Waals surface area contributed by atoms with E-state index in [0.29, 0.717) is 30.0 Å². The molecule has 1 unspecified atom stereocenters. The van der Waals surface area contributed by atoms with E-state index in [9.17, 15) is 9.59 Å². The summed E-state index contributed by atoms with van der Waals surface area (Å²) < 4.78 is 0. The maximum absolute atomic E-state index is 12.9. The van der Waals surface area contributed by atoms with Gasteiger partial charge in [0, 0.05) is 34.4 Å². The number of nitrogens with one attached hydrogen (secondary N) is 2. The van der Waals surface area contributed by atoms with Crippen molar-refractivity contribution < 1.29 is 9.59 Å². The molecule has 1 aliphatic heterocycles. The van der Waals surface area contributed by atoms with Gasteiger partial charge in [-0.25, -0.2) is 4.79 Å².